The van der Waals surface area contributed by atoms with E-state index in [0.717, 1.165) is 56.9 Å². The summed E-state index contributed by atoms with van der Waals surface area (Å²) in [5.41, 5.74) is 0.755. The lowest BCUT2D eigenvalue weighted by Gasteiger charge is -2.72. The molecule has 0 aromatic carbocycles. The second-order valence-electron chi connectivity index (χ2n) is 20.3. The fourth-order valence-electron chi connectivity index (χ4n) is 13.7. The minimum Gasteiger partial charge on any atom is -0.481 e. The predicted molar refractivity (Wildman–Crippen MR) is 196 cm³/mol. The molecular formula is C43H69NO6. The van der Waals surface area contributed by atoms with Gasteiger partial charge in [-0.3, -0.25) is 14.4 Å². The van der Waals surface area contributed by atoms with Crippen molar-refractivity contribution in [1.29, 1.82) is 0 Å². The van der Waals surface area contributed by atoms with Gasteiger partial charge >= 0.3 is 11.9 Å². The van der Waals surface area contributed by atoms with Crippen LogP contribution in [0.1, 0.15) is 159 Å². The van der Waals surface area contributed by atoms with Crippen molar-refractivity contribution in [3.05, 3.63) is 11.1 Å². The van der Waals surface area contributed by atoms with Gasteiger partial charge in [0, 0.05) is 29.8 Å². The zero-order chi connectivity index (χ0) is 36.7. The molecule has 0 aliphatic heterocycles. The largest absolute Gasteiger partial charge is 0.481 e. The summed E-state index contributed by atoms with van der Waals surface area (Å²) in [5.74, 6) is 0.246. The molecule has 1 unspecified atom stereocenters. The Morgan fingerprint density at radius 2 is 1.56 bits per heavy atom. The van der Waals surface area contributed by atoms with Crippen LogP contribution in [0.25, 0.3) is 0 Å². The highest BCUT2D eigenvalue weighted by Gasteiger charge is 2.70. The van der Waals surface area contributed by atoms with Gasteiger partial charge in [0.05, 0.1) is 17.9 Å². The number of ether oxygens (including phenoxy) is 1. The summed E-state index contributed by atoms with van der Waals surface area (Å²) in [6.45, 7) is 20.4. The molecule has 5 saturated carbocycles. The SMILES string of the molecule is CC(C)C1=C2[C@H]3CC[C@@H]4[C@@]5(C)CC[C@H](OC(=O)CC(C)(C)C(=O)O)C(C)(C)[C@@H]5CC[C@@]4(C)[C@]3(C)CCC2([C@H](O)CNC2CCCCC2)CC1=O. The van der Waals surface area contributed by atoms with E-state index in [-0.39, 0.29) is 45.9 Å². The first-order chi connectivity index (χ1) is 23.2. The Kier molecular flexibility index (Phi) is 9.87. The third-order valence-electron chi connectivity index (χ3n) is 16.7. The fourth-order valence-corrected chi connectivity index (χ4v) is 13.7. The molecule has 0 aromatic rings. The Hall–Kier alpha value is -1.73. The summed E-state index contributed by atoms with van der Waals surface area (Å²) in [6, 6.07) is 0.475. The van der Waals surface area contributed by atoms with Gasteiger partial charge in [0.25, 0.3) is 0 Å². The van der Waals surface area contributed by atoms with Crippen molar-refractivity contribution in [3.8, 4) is 0 Å². The Balaban J connectivity index is 1.27. The summed E-state index contributed by atoms with van der Waals surface area (Å²) in [5, 5.41) is 25.5. The van der Waals surface area contributed by atoms with Crippen molar-refractivity contribution in [2.75, 3.05) is 6.54 Å². The molecule has 3 N–H and O–H groups in total. The maximum absolute atomic E-state index is 14.0. The molecule has 0 radical (unpaired) electrons. The van der Waals surface area contributed by atoms with E-state index >= 15 is 0 Å². The van der Waals surface area contributed by atoms with Gasteiger partial charge in [0.1, 0.15) is 6.10 Å². The number of rotatable bonds is 9. The monoisotopic (exact) mass is 696 g/mol. The van der Waals surface area contributed by atoms with Gasteiger partial charge in [0.15, 0.2) is 5.78 Å². The van der Waals surface area contributed by atoms with Crippen molar-refractivity contribution in [2.45, 2.75) is 177 Å². The third-order valence-corrected chi connectivity index (χ3v) is 16.7. The average Bonchev–Trinajstić information content (AvgIpc) is 3.35. The topological polar surface area (TPSA) is 113 Å². The quantitative estimate of drug-likeness (QED) is 0.207. The van der Waals surface area contributed by atoms with Gasteiger partial charge in [-0.1, -0.05) is 73.3 Å². The minimum absolute atomic E-state index is 0.0277. The molecule has 7 heteroatoms. The molecule has 0 aromatic heterocycles. The molecule has 0 spiro atoms. The summed E-state index contributed by atoms with van der Waals surface area (Å²) in [6.07, 6.45) is 13.8. The predicted octanol–water partition coefficient (Wildman–Crippen LogP) is 8.66. The first kappa shape index (κ1) is 38.0. The summed E-state index contributed by atoms with van der Waals surface area (Å²) in [7, 11) is 0. The Morgan fingerprint density at radius 1 is 0.880 bits per heavy atom. The normalized spacial score (nSPS) is 40.8. The molecule has 6 rings (SSSR count). The molecule has 0 amide bonds. The fraction of sp³-hybridized carbons (Fsp3) is 0.884. The van der Waals surface area contributed by atoms with Crippen LogP contribution in [0.15, 0.2) is 11.1 Å². The van der Waals surface area contributed by atoms with Crippen LogP contribution in [0.3, 0.4) is 0 Å². The minimum atomic E-state index is -1.15. The van der Waals surface area contributed by atoms with E-state index in [9.17, 15) is 24.6 Å². The van der Waals surface area contributed by atoms with Crippen LogP contribution in [-0.2, 0) is 19.1 Å². The maximum Gasteiger partial charge on any atom is 0.309 e. The Bertz CT molecular complexity index is 1390. The highest BCUT2D eigenvalue weighted by atomic mass is 16.5. The molecule has 7 nitrogen and oxygen atoms in total. The van der Waals surface area contributed by atoms with Gasteiger partial charge in [-0.2, -0.15) is 0 Å². The number of carboxylic acid groups (broad SMARTS) is 1. The van der Waals surface area contributed by atoms with E-state index in [1.807, 2.05) is 0 Å². The number of carbonyl (C=O) groups excluding carboxylic acids is 2. The summed E-state index contributed by atoms with van der Waals surface area (Å²) < 4.78 is 6.17. The number of allylic oxidation sites excluding steroid dienone is 1. The van der Waals surface area contributed by atoms with Crippen molar-refractivity contribution < 1.29 is 29.3 Å². The molecule has 9 atom stereocenters. The van der Waals surface area contributed by atoms with Crippen LogP contribution in [0.2, 0.25) is 0 Å². The standard InChI is InChI=1S/C43H69NO6/c1-26(2)35-29(45)23-43(32(46)25-44-27-13-11-10-12-14-27)22-21-41(8)28(36(35)43)15-16-31-40(7)19-18-33(50-34(47)24-38(3,4)37(48)49)39(5,6)30(40)17-20-42(31,41)9/h26-28,30-33,44,46H,10-25H2,1-9H3,(H,48,49)/t28-,30+,31-,32-,33+,40+,41-,42-,43?/m1/s1. The van der Waals surface area contributed by atoms with Crippen LogP contribution in [0.5, 0.6) is 0 Å². The molecule has 0 saturated heterocycles. The number of esters is 1. The number of carboxylic acids is 1. The number of hydrogen-bond donors (Lipinski definition) is 3. The second kappa shape index (κ2) is 13.0. The van der Waals surface area contributed by atoms with E-state index in [0.29, 0.717) is 36.8 Å². The number of aliphatic carboxylic acids is 1. The van der Waals surface area contributed by atoms with E-state index in [1.165, 1.54) is 37.7 Å². The van der Waals surface area contributed by atoms with Crippen molar-refractivity contribution in [2.24, 2.45) is 56.2 Å². The lowest BCUT2D eigenvalue weighted by molar-refractivity contribution is -0.235. The van der Waals surface area contributed by atoms with Crippen LogP contribution in [0, 0.1) is 56.2 Å². The van der Waals surface area contributed by atoms with Crippen molar-refractivity contribution >= 4 is 17.7 Å². The Labute approximate surface area is 302 Å². The number of Topliss-reactive ketones (excluding diaryl/α,β-unsaturated/α-hetero) is 1. The number of ketones is 1. The zero-order valence-corrected chi connectivity index (χ0v) is 32.9. The third kappa shape index (κ3) is 5.76. The first-order valence-electron chi connectivity index (χ1n) is 20.4. The Morgan fingerprint density at radius 3 is 2.20 bits per heavy atom. The molecule has 0 bridgehead atoms. The van der Waals surface area contributed by atoms with Crippen LogP contribution in [-0.4, -0.2) is 52.7 Å². The number of hydrogen-bond acceptors (Lipinski definition) is 6. The van der Waals surface area contributed by atoms with Crippen molar-refractivity contribution in [3.63, 3.8) is 0 Å². The van der Waals surface area contributed by atoms with Crippen LogP contribution in [0.4, 0.5) is 0 Å². The van der Waals surface area contributed by atoms with E-state index in [2.05, 4.69) is 53.8 Å². The summed E-state index contributed by atoms with van der Waals surface area (Å²) in [4.78, 5) is 38.8. The first-order valence-corrected chi connectivity index (χ1v) is 20.4. The average molecular weight is 696 g/mol. The molecule has 6 aliphatic carbocycles. The van der Waals surface area contributed by atoms with Crippen LogP contribution < -0.4 is 5.32 Å². The highest BCUT2D eigenvalue weighted by Crippen LogP contribution is 2.77. The maximum atomic E-state index is 14.0. The number of aliphatic hydroxyl groups is 1. The van der Waals surface area contributed by atoms with E-state index in [1.54, 1.807) is 13.8 Å². The number of carbonyl (C=O) groups is 3. The molecule has 0 heterocycles. The molecular weight excluding hydrogens is 626 g/mol. The van der Waals surface area contributed by atoms with E-state index < -0.39 is 28.9 Å². The number of aliphatic hydroxyl groups excluding tert-OH is 1. The van der Waals surface area contributed by atoms with Crippen molar-refractivity contribution in [1.82, 2.24) is 5.32 Å². The lowest BCUT2D eigenvalue weighted by Crippen LogP contribution is -2.66. The smallest absolute Gasteiger partial charge is 0.309 e. The van der Waals surface area contributed by atoms with E-state index in [4.69, 9.17) is 4.74 Å². The summed E-state index contributed by atoms with van der Waals surface area (Å²) >= 11 is 0. The number of nitrogens with one attached hydrogen (secondary N) is 1. The molecule has 50 heavy (non-hydrogen) atoms. The van der Waals surface area contributed by atoms with Gasteiger partial charge < -0.3 is 20.3 Å². The highest BCUT2D eigenvalue weighted by molar-refractivity contribution is 6.00. The van der Waals surface area contributed by atoms with Gasteiger partial charge in [-0.15, -0.1) is 0 Å². The number of fused-ring (bicyclic) bond motifs is 7. The second-order valence-corrected chi connectivity index (χ2v) is 20.3. The van der Waals surface area contributed by atoms with Gasteiger partial charge in [0.2, 0.25) is 0 Å². The zero-order valence-electron chi connectivity index (χ0n) is 32.9. The van der Waals surface area contributed by atoms with Crippen LogP contribution >= 0.6 is 0 Å². The van der Waals surface area contributed by atoms with Gasteiger partial charge in [-0.05, 0) is 124 Å². The molecule has 5 fully saturated rings. The molecule has 6 aliphatic rings. The van der Waals surface area contributed by atoms with Gasteiger partial charge in [-0.25, -0.2) is 0 Å². The molecule has 282 valence electrons. The lowest BCUT2D eigenvalue weighted by atomic mass is 9.33.